The van der Waals surface area contributed by atoms with Gasteiger partial charge in [0.05, 0.1) is 15.2 Å². The zero-order valence-corrected chi connectivity index (χ0v) is 20.5. The van der Waals surface area contributed by atoms with Gasteiger partial charge in [0.1, 0.15) is 0 Å². The quantitative estimate of drug-likeness (QED) is 0.380. The van der Waals surface area contributed by atoms with Crippen LogP contribution in [0.2, 0.25) is 0 Å². The van der Waals surface area contributed by atoms with E-state index in [1.807, 2.05) is 13.8 Å². The lowest BCUT2D eigenvalue weighted by atomic mass is 10.1. The molecule has 0 amide bonds. The fourth-order valence-electron chi connectivity index (χ4n) is 2.18. The van der Waals surface area contributed by atoms with E-state index in [9.17, 15) is 25.3 Å². The average Bonchev–Trinajstić information content (AvgIpc) is 2.69. The molecule has 0 aliphatic heterocycles. The standard InChI is InChI=1S/C10H12O3S.C9H10O3S.C2H4O3S/c1-3-4-9-7-10(14(11,12)13)6-5-8(9)2;1-3-8-6-9(13(10,11)12)5-4-7(8)2;1-2-6(3,4)5/h3,5-7H,1,4H2,2H3,(H,11,12,13);3-6H,1H2,2H3,(H,10,11,12);2H,1H2,(H,3,4,5). The third-order valence-corrected chi connectivity index (χ3v) is 6.08. The van der Waals surface area contributed by atoms with Crippen molar-refractivity contribution in [3.05, 3.63) is 89.9 Å². The van der Waals surface area contributed by atoms with Gasteiger partial charge in [-0.3, -0.25) is 13.7 Å². The monoisotopic (exact) mass is 518 g/mol. The molecular weight excluding hydrogens is 492 g/mol. The van der Waals surface area contributed by atoms with E-state index in [1.165, 1.54) is 24.3 Å². The van der Waals surface area contributed by atoms with Crippen LogP contribution in [0.4, 0.5) is 0 Å². The molecule has 2 aromatic rings. The second kappa shape index (κ2) is 12.6. The van der Waals surface area contributed by atoms with E-state index in [1.54, 1.807) is 24.3 Å². The summed E-state index contributed by atoms with van der Waals surface area (Å²) < 4.78 is 87.2. The highest BCUT2D eigenvalue weighted by atomic mass is 32.2. The first-order chi connectivity index (χ1) is 15.0. The van der Waals surface area contributed by atoms with Crippen LogP contribution in [-0.2, 0) is 36.8 Å². The molecule has 0 spiro atoms. The molecule has 2 aromatic carbocycles. The molecule has 0 heterocycles. The fourth-order valence-corrected chi connectivity index (χ4v) is 3.23. The van der Waals surface area contributed by atoms with Crippen LogP contribution in [0.25, 0.3) is 6.08 Å². The molecule has 0 saturated heterocycles. The van der Waals surface area contributed by atoms with Gasteiger partial charge in [-0.05, 0) is 66.8 Å². The van der Waals surface area contributed by atoms with Gasteiger partial charge < -0.3 is 0 Å². The van der Waals surface area contributed by atoms with Crippen LogP contribution in [0, 0.1) is 13.8 Å². The van der Waals surface area contributed by atoms with Crippen molar-refractivity contribution in [1.82, 2.24) is 0 Å². The summed E-state index contributed by atoms with van der Waals surface area (Å²) in [6.45, 7) is 13.6. The van der Waals surface area contributed by atoms with Gasteiger partial charge in [-0.25, -0.2) is 0 Å². The molecule has 0 aliphatic rings. The summed E-state index contributed by atoms with van der Waals surface area (Å²) >= 11 is 0. The maximum Gasteiger partial charge on any atom is 0.294 e. The Hall–Kier alpha value is -2.61. The smallest absolute Gasteiger partial charge is 0.282 e. The molecule has 0 bridgehead atoms. The van der Waals surface area contributed by atoms with E-state index in [4.69, 9.17) is 13.7 Å². The summed E-state index contributed by atoms with van der Waals surface area (Å²) in [4.78, 5) is -0.173. The molecule has 0 aliphatic carbocycles. The van der Waals surface area contributed by atoms with E-state index in [2.05, 4.69) is 19.7 Å². The molecule has 0 aromatic heterocycles. The van der Waals surface area contributed by atoms with Gasteiger partial charge in [0.2, 0.25) is 0 Å². The van der Waals surface area contributed by atoms with Gasteiger partial charge >= 0.3 is 0 Å². The third kappa shape index (κ3) is 11.7. The van der Waals surface area contributed by atoms with Crippen LogP contribution in [0.5, 0.6) is 0 Å². The summed E-state index contributed by atoms with van der Waals surface area (Å²) in [6, 6.07) is 8.89. The lowest BCUT2D eigenvalue weighted by Crippen LogP contribution is -1.99. The Labute approximate surface area is 195 Å². The van der Waals surface area contributed by atoms with Gasteiger partial charge in [-0.1, -0.05) is 37.4 Å². The normalized spacial score (nSPS) is 11.2. The molecule has 33 heavy (non-hydrogen) atoms. The Morgan fingerprint density at radius 2 is 1.18 bits per heavy atom. The maximum absolute atomic E-state index is 10.8. The van der Waals surface area contributed by atoms with Crippen molar-refractivity contribution in [3.63, 3.8) is 0 Å². The molecule has 2 rings (SSSR count). The summed E-state index contributed by atoms with van der Waals surface area (Å²) in [5.74, 6) is 0. The molecule has 9 nitrogen and oxygen atoms in total. The highest BCUT2D eigenvalue weighted by molar-refractivity contribution is 7.88. The maximum atomic E-state index is 10.8. The Bertz CT molecular complexity index is 1310. The van der Waals surface area contributed by atoms with Crippen molar-refractivity contribution >= 4 is 36.4 Å². The Morgan fingerprint density at radius 1 is 0.758 bits per heavy atom. The zero-order chi connectivity index (χ0) is 26.0. The largest absolute Gasteiger partial charge is 0.294 e. The fraction of sp³-hybridized carbons (Fsp3) is 0.143. The number of benzene rings is 2. The lowest BCUT2D eigenvalue weighted by Gasteiger charge is -2.04. The lowest BCUT2D eigenvalue weighted by molar-refractivity contribution is 0.481. The van der Waals surface area contributed by atoms with Crippen LogP contribution in [-0.4, -0.2) is 38.9 Å². The first-order valence-corrected chi connectivity index (χ1v) is 13.3. The van der Waals surface area contributed by atoms with E-state index in [0.717, 1.165) is 16.7 Å². The van der Waals surface area contributed by atoms with Crippen molar-refractivity contribution in [2.24, 2.45) is 0 Å². The van der Waals surface area contributed by atoms with Crippen molar-refractivity contribution < 1.29 is 38.9 Å². The summed E-state index contributed by atoms with van der Waals surface area (Å²) in [5, 5.41) is 0.465. The molecule has 182 valence electrons. The van der Waals surface area contributed by atoms with E-state index >= 15 is 0 Å². The number of allylic oxidation sites excluding steroid dienone is 1. The molecule has 3 N–H and O–H groups in total. The first kappa shape index (κ1) is 30.4. The van der Waals surface area contributed by atoms with Gasteiger partial charge in [0, 0.05) is 0 Å². The molecule has 0 saturated carbocycles. The van der Waals surface area contributed by atoms with Crippen LogP contribution in [0.3, 0.4) is 0 Å². The van der Waals surface area contributed by atoms with E-state index < -0.39 is 30.4 Å². The van der Waals surface area contributed by atoms with Crippen LogP contribution in [0.1, 0.15) is 22.3 Å². The molecule has 0 radical (unpaired) electrons. The number of aryl methyl sites for hydroxylation is 2. The second-order valence-corrected chi connectivity index (χ2v) is 10.6. The molecule has 12 heteroatoms. The van der Waals surface area contributed by atoms with Gasteiger partial charge in [0.25, 0.3) is 30.4 Å². The van der Waals surface area contributed by atoms with E-state index in [0.29, 0.717) is 17.4 Å². The minimum absolute atomic E-state index is 0.0695. The Balaban J connectivity index is 0.000000503. The number of hydrogen-bond donors (Lipinski definition) is 3. The minimum Gasteiger partial charge on any atom is -0.282 e. The van der Waals surface area contributed by atoms with Crippen LogP contribution in [0.15, 0.2) is 77.4 Å². The number of rotatable bonds is 6. The summed E-state index contributed by atoms with van der Waals surface area (Å²) in [5.41, 5.74) is 3.46. The van der Waals surface area contributed by atoms with Crippen molar-refractivity contribution in [2.75, 3.05) is 0 Å². The zero-order valence-electron chi connectivity index (χ0n) is 18.0. The topological polar surface area (TPSA) is 163 Å². The Morgan fingerprint density at radius 3 is 1.55 bits per heavy atom. The predicted octanol–water partition coefficient (Wildman–Crippen LogP) is 3.87. The van der Waals surface area contributed by atoms with Crippen molar-refractivity contribution in [2.45, 2.75) is 30.1 Å². The summed E-state index contributed by atoms with van der Waals surface area (Å²) in [7, 11) is -12.1. The molecule has 0 unspecified atom stereocenters. The highest BCUT2D eigenvalue weighted by Crippen LogP contribution is 2.17. The molecule has 0 atom stereocenters. The van der Waals surface area contributed by atoms with E-state index in [-0.39, 0.29) is 9.79 Å². The molecule has 0 fully saturated rings. The van der Waals surface area contributed by atoms with Gasteiger partial charge in [-0.2, -0.15) is 25.3 Å². The molecular formula is C21H26O9S3. The highest BCUT2D eigenvalue weighted by Gasteiger charge is 2.11. The Kier molecular flexibility index (Phi) is 11.6. The van der Waals surface area contributed by atoms with Crippen LogP contribution >= 0.6 is 0 Å². The SMILES string of the molecule is C=CCc1cc(S(=O)(=O)O)ccc1C.C=CS(=O)(=O)O.C=Cc1cc(S(=O)(=O)O)ccc1C. The average molecular weight is 519 g/mol. The van der Waals surface area contributed by atoms with Crippen LogP contribution < -0.4 is 0 Å². The van der Waals surface area contributed by atoms with Gasteiger partial charge in [0.15, 0.2) is 0 Å². The van der Waals surface area contributed by atoms with Crippen molar-refractivity contribution in [3.8, 4) is 0 Å². The second-order valence-electron chi connectivity index (χ2n) is 6.44. The number of hydrogen-bond acceptors (Lipinski definition) is 6. The van der Waals surface area contributed by atoms with Crippen molar-refractivity contribution in [1.29, 1.82) is 0 Å². The van der Waals surface area contributed by atoms with Gasteiger partial charge in [-0.15, -0.1) is 6.58 Å². The summed E-state index contributed by atoms with van der Waals surface area (Å²) in [6.07, 6.45) is 3.83. The minimum atomic E-state index is -4.10. The predicted molar refractivity (Wildman–Crippen MR) is 128 cm³/mol. The third-order valence-electron chi connectivity index (χ3n) is 3.96. The first-order valence-electron chi connectivity index (χ1n) is 8.94.